The minimum atomic E-state index is -0.937. The van der Waals surface area contributed by atoms with Gasteiger partial charge in [0.25, 0.3) is 0 Å². The summed E-state index contributed by atoms with van der Waals surface area (Å²) >= 11 is 1.58. The van der Waals surface area contributed by atoms with Crippen molar-refractivity contribution < 1.29 is 38.4 Å². The number of amides is 3. The number of aliphatic hydroxyl groups is 1. The molecule has 1 fully saturated rings. The van der Waals surface area contributed by atoms with Crippen molar-refractivity contribution in [2.24, 2.45) is 11.3 Å². The minimum Gasteiger partial charge on any atom is -0.493 e. The van der Waals surface area contributed by atoms with Crippen molar-refractivity contribution in [2.45, 2.75) is 111 Å². The molecule has 5 aromatic heterocycles. The average molecular weight is 1280 g/mol. The zero-order chi connectivity index (χ0) is 65.3. The Morgan fingerprint density at radius 3 is 2.34 bits per heavy atom. The van der Waals surface area contributed by atoms with Crippen molar-refractivity contribution in [3.8, 4) is 49.8 Å². The molecule has 12 rings (SSSR count). The van der Waals surface area contributed by atoms with Crippen molar-refractivity contribution in [3.63, 3.8) is 0 Å². The van der Waals surface area contributed by atoms with Crippen molar-refractivity contribution in [1.29, 1.82) is 0 Å². The van der Waals surface area contributed by atoms with Gasteiger partial charge in [-0.05, 0) is 101 Å². The van der Waals surface area contributed by atoms with Gasteiger partial charge in [0.2, 0.25) is 17.7 Å². The Labute approximate surface area is 552 Å². The van der Waals surface area contributed by atoms with Gasteiger partial charge in [0.1, 0.15) is 29.3 Å². The predicted molar refractivity (Wildman–Crippen MR) is 365 cm³/mol. The van der Waals surface area contributed by atoms with Gasteiger partial charge in [-0.2, -0.15) is 0 Å². The quantitative estimate of drug-likeness (QED) is 0.0242. The molecule has 486 valence electrons. The SMILES string of the molecule is CCCOc1ccccc1-c1cnc(-c2cnc(-c3ccc(NCCCn4cc(COCCOCCOCCC(=O)N[C@H](C(=O)N5C[C@H](O)C[C@H]5C(=O)NCc5ccc(-c6scnc6C)cc5)C(C)(C)C)nn4)nc3)c(C)c2)c(/C=C/c2ccc3c(c2)C2C=C2C2C=C32)c1. The van der Waals surface area contributed by atoms with Crippen LogP contribution in [0.25, 0.3) is 61.8 Å². The van der Waals surface area contributed by atoms with E-state index in [9.17, 15) is 19.5 Å². The van der Waals surface area contributed by atoms with Crippen LogP contribution >= 0.6 is 11.3 Å². The zero-order valence-corrected chi connectivity index (χ0v) is 55.0. The van der Waals surface area contributed by atoms with Gasteiger partial charge < -0.3 is 44.9 Å². The first-order valence-electron chi connectivity index (χ1n) is 32.5. The number of hydrogen-bond donors (Lipinski definition) is 4. The number of anilines is 1. The van der Waals surface area contributed by atoms with Gasteiger partial charge in [-0.15, -0.1) is 16.4 Å². The number of hydrogen-bond acceptors (Lipinski definition) is 16. The van der Waals surface area contributed by atoms with Gasteiger partial charge in [0.15, 0.2) is 0 Å². The molecule has 1 aliphatic heterocycles. The van der Waals surface area contributed by atoms with Crippen molar-refractivity contribution in [1.82, 2.24) is 50.5 Å². The second kappa shape index (κ2) is 29.5. The Hall–Kier alpha value is -9.05. The Bertz CT molecular complexity index is 4120. The maximum Gasteiger partial charge on any atom is 0.246 e. The summed E-state index contributed by atoms with van der Waals surface area (Å²) in [6.45, 7) is 15.6. The lowest BCUT2D eigenvalue weighted by Gasteiger charge is -2.35. The monoisotopic (exact) mass is 1280 g/mol. The number of fused-ring (bicyclic) bond motifs is 6. The van der Waals surface area contributed by atoms with E-state index in [1.807, 2.05) is 113 Å². The summed E-state index contributed by atoms with van der Waals surface area (Å²) in [5.74, 6) is 1.53. The predicted octanol–water partition coefficient (Wildman–Crippen LogP) is 11.5. The number of carbonyl (C=O) groups is 3. The number of thiazole rings is 1. The van der Waals surface area contributed by atoms with Crippen LogP contribution in [0.5, 0.6) is 5.75 Å². The Kier molecular flexibility index (Phi) is 20.4. The third kappa shape index (κ3) is 15.8. The van der Waals surface area contributed by atoms with Gasteiger partial charge in [-0.3, -0.25) is 29.0 Å². The fourth-order valence-corrected chi connectivity index (χ4v) is 13.0. The Balaban J connectivity index is 0.540. The van der Waals surface area contributed by atoms with E-state index in [0.717, 1.165) is 96.4 Å². The summed E-state index contributed by atoms with van der Waals surface area (Å²) in [7, 11) is 0. The lowest BCUT2D eigenvalue weighted by molar-refractivity contribution is -0.144. The highest BCUT2D eigenvalue weighted by atomic mass is 32.1. The fraction of sp³-hybridized carbons (Fsp3) is 0.365. The number of β-amino-alcohol motifs (C(OH)–C–C–N with tert-alkyl or cyclic N) is 1. The summed E-state index contributed by atoms with van der Waals surface area (Å²) in [5, 5.41) is 28.4. The van der Waals surface area contributed by atoms with Crippen LogP contribution < -0.4 is 20.7 Å². The third-order valence-electron chi connectivity index (χ3n) is 17.3. The molecule has 3 aliphatic carbocycles. The van der Waals surface area contributed by atoms with E-state index >= 15 is 0 Å². The van der Waals surface area contributed by atoms with Crippen LogP contribution in [0.4, 0.5) is 5.82 Å². The number of allylic oxidation sites excluding steroid dienone is 4. The highest BCUT2D eigenvalue weighted by molar-refractivity contribution is 7.13. The van der Waals surface area contributed by atoms with Crippen LogP contribution in [-0.2, 0) is 48.3 Å². The number of carbonyl (C=O) groups excluding carboxylic acids is 3. The normalized spacial score (nSPS) is 17.2. The first-order chi connectivity index (χ1) is 45.6. The summed E-state index contributed by atoms with van der Waals surface area (Å²) in [5.41, 5.74) is 19.3. The van der Waals surface area contributed by atoms with Gasteiger partial charge in [-0.1, -0.05) is 123 Å². The second-order valence-electron chi connectivity index (χ2n) is 25.5. The molecular formula is C74H81N11O8S. The lowest BCUT2D eigenvalue weighted by atomic mass is 9.85. The number of benzene rings is 3. The Morgan fingerprint density at radius 2 is 1.56 bits per heavy atom. The molecule has 0 saturated carbocycles. The first-order valence-corrected chi connectivity index (χ1v) is 33.4. The largest absolute Gasteiger partial charge is 0.493 e. The van der Waals surface area contributed by atoms with E-state index in [2.05, 4.69) is 106 Å². The molecular weight excluding hydrogens is 1200 g/mol. The van der Waals surface area contributed by atoms with E-state index in [-0.39, 0.29) is 57.6 Å². The molecule has 6 heterocycles. The lowest BCUT2D eigenvalue weighted by Crippen LogP contribution is -2.57. The topological polar surface area (TPSA) is 230 Å². The van der Waals surface area contributed by atoms with Crippen LogP contribution in [-0.4, -0.2) is 134 Å². The van der Waals surface area contributed by atoms with Crippen LogP contribution in [0.2, 0.25) is 0 Å². The van der Waals surface area contributed by atoms with E-state index in [1.165, 1.54) is 21.6 Å². The van der Waals surface area contributed by atoms with Gasteiger partial charge >= 0.3 is 0 Å². The maximum atomic E-state index is 14.0. The molecule has 4 aliphatic rings. The Morgan fingerprint density at radius 1 is 0.787 bits per heavy atom. The van der Waals surface area contributed by atoms with Crippen LogP contribution in [0, 0.1) is 25.2 Å². The number of nitrogens with zero attached hydrogens (tertiary/aromatic N) is 8. The number of rotatable bonds is 30. The van der Waals surface area contributed by atoms with E-state index in [4.69, 9.17) is 33.9 Å². The number of ether oxygens (including phenoxy) is 4. The molecule has 8 aromatic rings. The number of pyridine rings is 3. The molecule has 0 radical (unpaired) electrons. The summed E-state index contributed by atoms with van der Waals surface area (Å²) < 4.78 is 25.1. The zero-order valence-electron chi connectivity index (χ0n) is 54.1. The minimum absolute atomic E-state index is 0.00808. The number of aromatic nitrogens is 7. The maximum absolute atomic E-state index is 14.0. The molecule has 4 N–H and O–H groups in total. The van der Waals surface area contributed by atoms with Gasteiger partial charge in [0.05, 0.1) is 86.0 Å². The van der Waals surface area contributed by atoms with Crippen LogP contribution in [0.15, 0.2) is 139 Å². The fourth-order valence-electron chi connectivity index (χ4n) is 12.2. The molecule has 3 amide bonds. The van der Waals surface area contributed by atoms with Crippen LogP contribution in [0.3, 0.4) is 0 Å². The van der Waals surface area contributed by atoms with E-state index in [0.29, 0.717) is 57.0 Å². The molecule has 94 heavy (non-hydrogen) atoms. The van der Waals surface area contributed by atoms with Crippen molar-refractivity contribution >= 4 is 52.6 Å². The highest BCUT2D eigenvalue weighted by Crippen LogP contribution is 2.62. The van der Waals surface area contributed by atoms with Crippen molar-refractivity contribution in [2.75, 3.05) is 58.0 Å². The molecule has 1 saturated heterocycles. The van der Waals surface area contributed by atoms with Crippen LogP contribution in [0.1, 0.15) is 104 Å². The molecule has 19 nitrogen and oxygen atoms in total. The molecule has 3 aromatic carbocycles. The number of aryl methyl sites for hydroxylation is 3. The summed E-state index contributed by atoms with van der Waals surface area (Å²) in [6.07, 6.45) is 17.7. The number of nitrogens with one attached hydrogen (secondary N) is 3. The van der Waals surface area contributed by atoms with Gasteiger partial charge in [-0.25, -0.2) is 9.97 Å². The summed E-state index contributed by atoms with van der Waals surface area (Å²) in [4.78, 5) is 62.3. The first kappa shape index (κ1) is 65.0. The van der Waals surface area contributed by atoms with Gasteiger partial charge in [0, 0.05) is 97.3 Å². The number of aliphatic hydroxyl groups excluding tert-OH is 1. The highest BCUT2D eigenvalue weighted by Gasteiger charge is 2.47. The van der Waals surface area contributed by atoms with E-state index in [1.54, 1.807) is 21.6 Å². The molecule has 20 heteroatoms. The standard InChI is InChI=1S/C74H81N11O8S/c1-7-26-93-65-12-9-8-11-57(65)53-34-51(19-13-48-16-21-58-59(33-48)61-37-63(61)62-36-60(58)62)69(78-40-53)54-32-46(2)68(77-41-54)52-20-22-66(76-39-52)75-24-10-25-84-42-55(82-83-84)44-92-31-30-91-29-28-90-27-23-67(87)81-71(74(4,5)6)73(89)85-43-56(86)35-64(85)72(88)79-38-49-14-17-50(18-15-49)70-47(3)80-45-94-70/h8-9,11-22,32-34,36-37,39-42,45,56,61-62,64,71,86H,7,10,23-31,35,38,43-44H2,1-6H3,(H,75,76)(H,79,88)(H,81,87)/b19-13+/t56-,61?,62?,64+,71-/m1/s1. The smallest absolute Gasteiger partial charge is 0.246 e. The van der Waals surface area contributed by atoms with E-state index < -0.39 is 29.5 Å². The molecule has 0 spiro atoms. The van der Waals surface area contributed by atoms with Crippen molar-refractivity contribution in [3.05, 3.63) is 184 Å². The summed E-state index contributed by atoms with van der Waals surface area (Å²) in [6, 6.07) is 29.5. The molecule has 0 bridgehead atoms. The number of para-hydroxylation sites is 1. The molecule has 5 atom stereocenters. The molecule has 2 unspecified atom stereocenters. The number of likely N-dealkylation sites (tertiary alicyclic amines) is 1. The average Bonchev–Trinajstić information content (AvgIpc) is 1.54. The third-order valence-corrected chi connectivity index (χ3v) is 18.3. The second-order valence-corrected chi connectivity index (χ2v) is 26.3.